The van der Waals surface area contributed by atoms with Crippen LogP contribution in [0.3, 0.4) is 0 Å². The van der Waals surface area contributed by atoms with Gasteiger partial charge < -0.3 is 46.7 Å². The van der Waals surface area contributed by atoms with E-state index < -0.39 is 116 Å². The van der Waals surface area contributed by atoms with Crippen LogP contribution < -0.4 is 37.0 Å². The van der Waals surface area contributed by atoms with Gasteiger partial charge in [0.05, 0.1) is 11.8 Å². The molecule has 4 aromatic rings. The molecular formula is C66H91N9O12S. The average Bonchev–Trinajstić information content (AvgIpc) is 1.71. The van der Waals surface area contributed by atoms with Crippen LogP contribution in [0.5, 0.6) is 0 Å². The van der Waals surface area contributed by atoms with E-state index in [4.69, 9.17) is 15.2 Å². The number of amides is 9. The van der Waals surface area contributed by atoms with Gasteiger partial charge in [0.2, 0.25) is 33.7 Å². The maximum atomic E-state index is 14.7. The Morgan fingerprint density at radius 2 is 1.23 bits per heavy atom. The van der Waals surface area contributed by atoms with Gasteiger partial charge in [0.15, 0.2) is 0 Å². The number of nitrogens with two attached hydrogens (primary N) is 1. The number of rotatable bonds is 26. The molecule has 0 aromatic heterocycles. The van der Waals surface area contributed by atoms with E-state index in [1.165, 1.54) is 42.0 Å². The molecule has 0 bridgehead atoms. The number of benzene rings is 4. The summed E-state index contributed by atoms with van der Waals surface area (Å²) in [6.07, 6.45) is 0.317. The number of ether oxygens (including phenoxy) is 2. The van der Waals surface area contributed by atoms with Crippen molar-refractivity contribution < 1.29 is 56.2 Å². The number of carbonyl (C=O) groups is 8. The summed E-state index contributed by atoms with van der Waals surface area (Å²) in [6.45, 7) is 23.0. The normalized spacial score (nSPS) is 14.4. The molecule has 0 aliphatic heterocycles. The van der Waals surface area contributed by atoms with Gasteiger partial charge in [-0.15, -0.1) is 0 Å². The van der Waals surface area contributed by atoms with E-state index in [2.05, 4.69) is 31.3 Å². The minimum Gasteiger partial charge on any atom is -0.449 e. The number of fused-ring (bicyclic) bond motifs is 3. The summed E-state index contributed by atoms with van der Waals surface area (Å²) in [4.78, 5) is 112. The second kappa shape index (κ2) is 30.1. The number of hydrogen-bond donors (Lipinski definition) is 7. The number of carbonyl (C=O) groups excluding carboxylic acids is 8. The van der Waals surface area contributed by atoms with Crippen molar-refractivity contribution in [2.75, 3.05) is 27.2 Å². The van der Waals surface area contributed by atoms with Crippen molar-refractivity contribution in [1.82, 2.24) is 41.1 Å². The van der Waals surface area contributed by atoms with E-state index in [1.807, 2.05) is 107 Å². The van der Waals surface area contributed by atoms with Gasteiger partial charge in [-0.25, -0.2) is 27.5 Å². The van der Waals surface area contributed by atoms with Crippen LogP contribution in [0, 0.1) is 17.3 Å². The predicted octanol–water partition coefficient (Wildman–Crippen LogP) is 7.92. The fraction of sp³-hybridized carbons (Fsp3) is 0.485. The van der Waals surface area contributed by atoms with Gasteiger partial charge in [-0.05, 0) is 96.7 Å². The lowest BCUT2D eigenvalue weighted by Crippen LogP contribution is -2.63. The smallest absolute Gasteiger partial charge is 0.410 e. The standard InChI is InChI=1S/C66H91N9O12S/c1-40(2)52(74(14)60(80)54(64(6,7)8)72-59(79)55(75(15)63(83)87-65(9,10)11)66(12,13)45-24-17-16-18-25-45)36-42(5)56(76)73-88(84,85)39-44-33-31-43(32-34-44)37-69-57(77)51(30-23-35-68-61(67)81)70-58(78)53(41(3)4)71-62(82)86-38-50-48-28-21-19-26-46(48)47-27-20-22-29-49(47)50/h16-22,24-29,31-34,36,40-41,50-55H,23,30,35,37-39H2,1-15H3,(H,69,77)(H,70,78)(H,71,82)(H,72,79)(H,73,76)(H3,67,68,81)/b42-36+/t51-,52+,53-,54+,55+/m0/s1. The summed E-state index contributed by atoms with van der Waals surface area (Å²) in [7, 11) is -1.26. The number of sulfonamides is 1. The first-order valence-corrected chi connectivity index (χ1v) is 31.3. The van der Waals surface area contributed by atoms with Crippen LogP contribution in [0.2, 0.25) is 0 Å². The Kier molecular flexibility index (Phi) is 24.1. The summed E-state index contributed by atoms with van der Waals surface area (Å²) in [5.41, 5.74) is 8.40. The molecule has 0 saturated heterocycles. The number of urea groups is 1. The highest BCUT2D eigenvalue weighted by atomic mass is 32.2. The molecule has 1 aliphatic rings. The Labute approximate surface area is 519 Å². The van der Waals surface area contributed by atoms with Crippen LogP contribution in [0.25, 0.3) is 11.1 Å². The monoisotopic (exact) mass is 1230 g/mol. The zero-order valence-electron chi connectivity index (χ0n) is 53.5. The van der Waals surface area contributed by atoms with E-state index in [-0.39, 0.29) is 49.9 Å². The average molecular weight is 1230 g/mol. The lowest BCUT2D eigenvalue weighted by Gasteiger charge is -2.42. The molecular weight excluding hydrogens is 1140 g/mol. The number of likely N-dealkylation sites (N-methyl/N-ethyl adjacent to an activating group) is 2. The Hall–Kier alpha value is -8.27. The lowest BCUT2D eigenvalue weighted by molar-refractivity contribution is -0.141. The van der Waals surface area contributed by atoms with Gasteiger partial charge in [-0.1, -0.05) is 172 Å². The number of primary amides is 1. The third-order valence-electron chi connectivity index (χ3n) is 15.4. The van der Waals surface area contributed by atoms with Crippen LogP contribution in [-0.4, -0.2) is 129 Å². The van der Waals surface area contributed by atoms with Crippen LogP contribution in [0.1, 0.15) is 137 Å². The summed E-state index contributed by atoms with van der Waals surface area (Å²) in [5, 5.41) is 13.7. The van der Waals surface area contributed by atoms with E-state index in [0.717, 1.165) is 27.8 Å². The van der Waals surface area contributed by atoms with Crippen LogP contribution in [0.4, 0.5) is 14.4 Å². The van der Waals surface area contributed by atoms with Crippen molar-refractivity contribution >= 4 is 57.8 Å². The van der Waals surface area contributed by atoms with Crippen molar-refractivity contribution in [2.24, 2.45) is 23.0 Å². The fourth-order valence-electron chi connectivity index (χ4n) is 10.6. The Morgan fingerprint density at radius 3 is 1.76 bits per heavy atom. The van der Waals surface area contributed by atoms with Crippen molar-refractivity contribution in [1.29, 1.82) is 0 Å². The first kappa shape index (κ1) is 70.5. The third kappa shape index (κ3) is 19.4. The molecule has 22 heteroatoms. The largest absolute Gasteiger partial charge is 0.449 e. The molecule has 478 valence electrons. The molecule has 21 nitrogen and oxygen atoms in total. The molecule has 5 atom stereocenters. The first-order chi connectivity index (χ1) is 41.0. The highest BCUT2D eigenvalue weighted by Crippen LogP contribution is 2.44. The van der Waals surface area contributed by atoms with Crippen LogP contribution >= 0.6 is 0 Å². The molecule has 88 heavy (non-hydrogen) atoms. The van der Waals surface area contributed by atoms with Crippen molar-refractivity contribution in [3.63, 3.8) is 0 Å². The molecule has 4 aromatic carbocycles. The molecule has 5 rings (SSSR count). The van der Waals surface area contributed by atoms with E-state index >= 15 is 0 Å². The summed E-state index contributed by atoms with van der Waals surface area (Å²) in [6, 6.07) is 25.3. The van der Waals surface area contributed by atoms with Gasteiger partial charge in [-0.2, -0.15) is 0 Å². The topological polar surface area (TPSA) is 294 Å². The number of nitrogens with one attached hydrogen (secondary N) is 6. The molecule has 0 spiro atoms. The molecule has 0 heterocycles. The number of alkyl carbamates (subject to hydrolysis) is 1. The highest BCUT2D eigenvalue weighted by Gasteiger charge is 2.46. The lowest BCUT2D eigenvalue weighted by atomic mass is 9.76. The quantitative estimate of drug-likeness (QED) is 0.0233. The molecule has 0 fully saturated rings. The summed E-state index contributed by atoms with van der Waals surface area (Å²) < 4.78 is 40.6. The van der Waals surface area contributed by atoms with Crippen molar-refractivity contribution in [3.05, 3.63) is 143 Å². The fourth-order valence-corrected chi connectivity index (χ4v) is 11.8. The highest BCUT2D eigenvalue weighted by molar-refractivity contribution is 7.89. The molecule has 0 radical (unpaired) electrons. The minimum absolute atomic E-state index is 0.0123. The number of nitrogens with zero attached hydrogens (tertiary/aromatic N) is 2. The second-order valence-electron chi connectivity index (χ2n) is 25.8. The maximum Gasteiger partial charge on any atom is 0.410 e. The molecule has 9 amide bonds. The zero-order valence-corrected chi connectivity index (χ0v) is 54.3. The maximum absolute atomic E-state index is 14.7. The first-order valence-electron chi connectivity index (χ1n) is 29.6. The van der Waals surface area contributed by atoms with E-state index in [0.29, 0.717) is 11.1 Å². The molecule has 0 saturated carbocycles. The van der Waals surface area contributed by atoms with Gasteiger partial charge >= 0.3 is 18.2 Å². The zero-order chi connectivity index (χ0) is 65.6. The molecule has 1 aliphatic carbocycles. The summed E-state index contributed by atoms with van der Waals surface area (Å²) >= 11 is 0. The number of hydrogen-bond acceptors (Lipinski definition) is 12. The SMILES string of the molecule is C/C(=C\[C@H](C(C)C)N(C)C(=O)[C@@H](NC(=O)[C@@H](N(C)C(=O)OC(C)(C)C)C(C)(C)c1ccccc1)C(C)(C)C)C(=O)NS(=O)(=O)Cc1ccc(CNC(=O)[C@H](CCCNC(N)=O)NC(=O)[C@@H](NC(=O)OCC2c3ccccc3-c3ccccc32)C(C)C)cc1. The predicted molar refractivity (Wildman–Crippen MR) is 338 cm³/mol. The second-order valence-corrected chi connectivity index (χ2v) is 27.6. The van der Waals surface area contributed by atoms with Gasteiger partial charge in [0.1, 0.15) is 36.4 Å². The third-order valence-corrected chi connectivity index (χ3v) is 16.6. The Balaban J connectivity index is 1.21. The Morgan fingerprint density at radius 1 is 0.670 bits per heavy atom. The Bertz CT molecular complexity index is 3240. The molecule has 8 N–H and O–H groups in total. The van der Waals surface area contributed by atoms with Crippen LogP contribution in [-0.2, 0) is 61.2 Å². The van der Waals surface area contributed by atoms with Gasteiger partial charge in [-0.3, -0.25) is 28.9 Å². The van der Waals surface area contributed by atoms with E-state index in [1.54, 1.807) is 74.6 Å². The molecule has 0 unspecified atom stereocenters. The van der Waals surface area contributed by atoms with Gasteiger partial charge in [0.25, 0.3) is 5.91 Å². The van der Waals surface area contributed by atoms with E-state index in [9.17, 15) is 46.8 Å². The minimum atomic E-state index is -4.29. The van der Waals surface area contributed by atoms with Crippen molar-refractivity contribution in [2.45, 2.75) is 162 Å². The van der Waals surface area contributed by atoms with Gasteiger partial charge in [0, 0.05) is 44.1 Å². The van der Waals surface area contributed by atoms with Crippen molar-refractivity contribution in [3.8, 4) is 11.1 Å². The van der Waals surface area contributed by atoms with Crippen LogP contribution in [0.15, 0.2) is 115 Å². The summed E-state index contributed by atoms with van der Waals surface area (Å²) in [5.74, 6) is -4.71.